The maximum Gasteiger partial charge on any atom is 0.325 e. The van der Waals surface area contributed by atoms with Crippen molar-refractivity contribution in [3.8, 4) is 0 Å². The molecule has 10 heteroatoms. The third-order valence-corrected chi connectivity index (χ3v) is 5.80. The lowest BCUT2D eigenvalue weighted by Gasteiger charge is -2.31. The highest BCUT2D eigenvalue weighted by Crippen LogP contribution is 2.21. The molecule has 0 spiro atoms. The minimum absolute atomic E-state index is 0.0252. The average Bonchev–Trinajstić information content (AvgIpc) is 2.74. The summed E-state index contributed by atoms with van der Waals surface area (Å²) in [5.41, 5.74) is 5.48. The molecule has 1 aromatic carbocycles. The summed E-state index contributed by atoms with van der Waals surface area (Å²) in [5.74, 6) is -1.48. The lowest BCUT2D eigenvalue weighted by Crippen LogP contribution is -2.44. The van der Waals surface area contributed by atoms with Crippen molar-refractivity contribution in [2.75, 3.05) is 26.0 Å². The Hall–Kier alpha value is -2.88. The lowest BCUT2D eigenvalue weighted by atomic mass is 9.97. The molecular formula is C19H22N4O5S. The number of fused-ring (bicyclic) bond motifs is 1. The number of hydrogen-bond acceptors (Lipinski definition) is 7. The Balaban J connectivity index is 1.82. The number of nitrogens with zero attached hydrogens (tertiary/aromatic N) is 3. The Bertz CT molecular complexity index is 1010. The molecule has 9 nitrogen and oxygen atoms in total. The van der Waals surface area contributed by atoms with Gasteiger partial charge in [0.05, 0.1) is 29.7 Å². The number of rotatable bonds is 6. The molecule has 2 heterocycles. The molecule has 0 aliphatic carbocycles. The summed E-state index contributed by atoms with van der Waals surface area (Å²) >= 11 is 1.08. The van der Waals surface area contributed by atoms with Crippen molar-refractivity contribution >= 4 is 40.4 Å². The van der Waals surface area contributed by atoms with Crippen LogP contribution >= 0.6 is 11.8 Å². The molecule has 2 amide bonds. The molecule has 1 aliphatic rings. The monoisotopic (exact) mass is 418 g/mol. The standard InChI is InChI=1S/C19H22N4O5S/c1-28-16(25)10-23-18(27)13-6-2-3-7-14(13)21-19(23)29-11-15(24)22-8-4-5-12(9-22)17(20)26/h2-3,6-7,12H,4-5,8-11H2,1H3,(H2,20,26)/t12-/m1/s1. The molecule has 29 heavy (non-hydrogen) atoms. The maximum absolute atomic E-state index is 12.8. The van der Waals surface area contributed by atoms with Crippen molar-refractivity contribution in [1.82, 2.24) is 14.5 Å². The van der Waals surface area contributed by atoms with Crippen LogP contribution in [0.4, 0.5) is 0 Å². The normalized spacial score (nSPS) is 16.6. The molecule has 0 saturated carbocycles. The van der Waals surface area contributed by atoms with E-state index in [1.54, 1.807) is 29.2 Å². The van der Waals surface area contributed by atoms with E-state index in [0.29, 0.717) is 36.8 Å². The summed E-state index contributed by atoms with van der Waals surface area (Å²) in [4.78, 5) is 54.7. The molecule has 1 aliphatic heterocycles. The Morgan fingerprint density at radius 3 is 2.79 bits per heavy atom. The number of nitrogens with two attached hydrogens (primary N) is 1. The quantitative estimate of drug-likeness (QED) is 0.409. The number of amides is 2. The molecule has 0 bridgehead atoms. The highest BCUT2D eigenvalue weighted by molar-refractivity contribution is 7.99. The second-order valence-corrected chi connectivity index (χ2v) is 7.69. The summed E-state index contributed by atoms with van der Waals surface area (Å²) in [6.07, 6.45) is 1.39. The van der Waals surface area contributed by atoms with Gasteiger partial charge in [-0.05, 0) is 25.0 Å². The van der Waals surface area contributed by atoms with Gasteiger partial charge in [-0.25, -0.2) is 4.98 Å². The van der Waals surface area contributed by atoms with Gasteiger partial charge in [-0.1, -0.05) is 23.9 Å². The van der Waals surface area contributed by atoms with E-state index in [9.17, 15) is 19.2 Å². The fraction of sp³-hybridized carbons (Fsp3) is 0.421. The number of carbonyl (C=O) groups excluding carboxylic acids is 3. The molecule has 1 aromatic heterocycles. The van der Waals surface area contributed by atoms with Crippen LogP contribution in [0.15, 0.2) is 34.2 Å². The minimum atomic E-state index is -0.585. The lowest BCUT2D eigenvalue weighted by molar-refractivity contribution is -0.141. The topological polar surface area (TPSA) is 125 Å². The van der Waals surface area contributed by atoms with Crippen LogP contribution in [0.5, 0.6) is 0 Å². The molecular weight excluding hydrogens is 396 g/mol. The van der Waals surface area contributed by atoms with Gasteiger partial charge < -0.3 is 15.4 Å². The van der Waals surface area contributed by atoms with Crippen molar-refractivity contribution < 1.29 is 19.1 Å². The Labute approximate surface area is 171 Å². The van der Waals surface area contributed by atoms with Crippen molar-refractivity contribution in [2.24, 2.45) is 11.7 Å². The van der Waals surface area contributed by atoms with Crippen LogP contribution in [-0.4, -0.2) is 58.2 Å². The van der Waals surface area contributed by atoms with E-state index in [0.717, 1.165) is 11.8 Å². The van der Waals surface area contributed by atoms with Gasteiger partial charge >= 0.3 is 5.97 Å². The molecule has 1 atom stereocenters. The minimum Gasteiger partial charge on any atom is -0.468 e. The molecule has 154 valence electrons. The van der Waals surface area contributed by atoms with Crippen molar-refractivity contribution in [2.45, 2.75) is 24.5 Å². The number of methoxy groups -OCH3 is 1. The van der Waals surface area contributed by atoms with Crippen LogP contribution in [0, 0.1) is 5.92 Å². The number of thioether (sulfide) groups is 1. The first kappa shape index (κ1) is 20.8. The molecule has 1 fully saturated rings. The summed E-state index contributed by atoms with van der Waals surface area (Å²) in [5, 5.41) is 0.642. The van der Waals surface area contributed by atoms with E-state index in [-0.39, 0.29) is 34.8 Å². The van der Waals surface area contributed by atoms with Crippen LogP contribution in [-0.2, 0) is 25.7 Å². The predicted octanol–water partition coefficient (Wildman–Crippen LogP) is 0.386. The van der Waals surface area contributed by atoms with Gasteiger partial charge in [-0.15, -0.1) is 0 Å². The van der Waals surface area contributed by atoms with Crippen molar-refractivity contribution in [3.05, 3.63) is 34.6 Å². The Morgan fingerprint density at radius 2 is 2.07 bits per heavy atom. The molecule has 2 N–H and O–H groups in total. The summed E-state index contributed by atoms with van der Waals surface area (Å²) in [6, 6.07) is 6.81. The fourth-order valence-electron chi connectivity index (χ4n) is 3.24. The Kier molecular flexibility index (Phi) is 6.53. The van der Waals surface area contributed by atoms with E-state index >= 15 is 0 Å². The van der Waals surface area contributed by atoms with Crippen LogP contribution < -0.4 is 11.3 Å². The average molecular weight is 418 g/mol. The van der Waals surface area contributed by atoms with Crippen LogP contribution in [0.1, 0.15) is 12.8 Å². The number of piperidine rings is 1. The number of primary amides is 1. The number of aromatic nitrogens is 2. The highest BCUT2D eigenvalue weighted by atomic mass is 32.2. The number of esters is 1. The third kappa shape index (κ3) is 4.76. The number of ether oxygens (including phenoxy) is 1. The SMILES string of the molecule is COC(=O)Cn1c(SCC(=O)N2CCC[C@@H](C(N)=O)C2)nc2ccccc2c1=O. The van der Waals surface area contributed by atoms with Crippen molar-refractivity contribution in [1.29, 1.82) is 0 Å². The van der Waals surface area contributed by atoms with Gasteiger partial charge in [-0.2, -0.15) is 0 Å². The Morgan fingerprint density at radius 1 is 1.31 bits per heavy atom. The van der Waals surface area contributed by atoms with Gasteiger partial charge in [0.15, 0.2) is 5.16 Å². The van der Waals surface area contributed by atoms with E-state index in [2.05, 4.69) is 9.72 Å². The zero-order valence-corrected chi connectivity index (χ0v) is 16.8. The first-order valence-electron chi connectivity index (χ1n) is 9.17. The smallest absolute Gasteiger partial charge is 0.325 e. The summed E-state index contributed by atoms with van der Waals surface area (Å²) in [6.45, 7) is 0.565. The van der Waals surface area contributed by atoms with E-state index < -0.39 is 11.9 Å². The highest BCUT2D eigenvalue weighted by Gasteiger charge is 2.27. The summed E-state index contributed by atoms with van der Waals surface area (Å²) in [7, 11) is 1.24. The summed E-state index contributed by atoms with van der Waals surface area (Å²) < 4.78 is 5.89. The van der Waals surface area contributed by atoms with Crippen LogP contribution in [0.3, 0.4) is 0 Å². The van der Waals surface area contributed by atoms with Gasteiger partial charge in [0.1, 0.15) is 6.54 Å². The predicted molar refractivity (Wildman–Crippen MR) is 107 cm³/mol. The van der Waals surface area contributed by atoms with Gasteiger partial charge in [-0.3, -0.25) is 23.7 Å². The third-order valence-electron chi connectivity index (χ3n) is 4.84. The van der Waals surface area contributed by atoms with E-state index in [4.69, 9.17) is 5.73 Å². The van der Waals surface area contributed by atoms with Crippen molar-refractivity contribution in [3.63, 3.8) is 0 Å². The molecule has 1 saturated heterocycles. The number of likely N-dealkylation sites (tertiary alicyclic amines) is 1. The first-order valence-corrected chi connectivity index (χ1v) is 10.2. The number of benzene rings is 1. The second kappa shape index (κ2) is 9.08. The molecule has 0 unspecified atom stereocenters. The maximum atomic E-state index is 12.8. The number of para-hydroxylation sites is 1. The molecule has 3 rings (SSSR count). The van der Waals surface area contributed by atoms with Crippen LogP contribution in [0.25, 0.3) is 10.9 Å². The second-order valence-electron chi connectivity index (χ2n) is 6.75. The van der Waals surface area contributed by atoms with Crippen LogP contribution in [0.2, 0.25) is 0 Å². The van der Waals surface area contributed by atoms with Gasteiger partial charge in [0.25, 0.3) is 5.56 Å². The van der Waals surface area contributed by atoms with Gasteiger partial charge in [0.2, 0.25) is 11.8 Å². The largest absolute Gasteiger partial charge is 0.468 e. The van der Waals surface area contributed by atoms with Gasteiger partial charge in [0, 0.05) is 13.1 Å². The molecule has 2 aromatic rings. The van der Waals surface area contributed by atoms with E-state index in [1.807, 2.05) is 0 Å². The van der Waals surface area contributed by atoms with E-state index in [1.165, 1.54) is 11.7 Å². The first-order chi connectivity index (χ1) is 13.9. The fourth-order valence-corrected chi connectivity index (χ4v) is 4.15. The zero-order valence-electron chi connectivity index (χ0n) is 16.0. The number of hydrogen-bond donors (Lipinski definition) is 1. The molecule has 0 radical (unpaired) electrons. The number of carbonyl (C=O) groups is 3. The zero-order chi connectivity index (χ0) is 21.0.